The Labute approximate surface area is 91.8 Å². The number of pyridine rings is 1. The highest BCUT2D eigenvalue weighted by molar-refractivity contribution is 5.11. The summed E-state index contributed by atoms with van der Waals surface area (Å²) in [5.74, 6) is 0. The van der Waals surface area contributed by atoms with E-state index in [2.05, 4.69) is 31.0 Å². The van der Waals surface area contributed by atoms with Gasteiger partial charge in [0, 0.05) is 12.4 Å². The summed E-state index contributed by atoms with van der Waals surface area (Å²) in [6.45, 7) is 4.22. The molecule has 0 bridgehead atoms. The molecule has 2 rings (SSSR count). The van der Waals surface area contributed by atoms with Gasteiger partial charge in [-0.05, 0) is 31.0 Å². The van der Waals surface area contributed by atoms with E-state index >= 15 is 0 Å². The molecule has 2 aromatic rings. The molecule has 1 nitrogen and oxygen atoms in total. The van der Waals surface area contributed by atoms with Gasteiger partial charge in [-0.3, -0.25) is 4.98 Å². The number of aryl methyl sites for hydroxylation is 2. The molecule has 0 atom stereocenters. The predicted octanol–water partition coefficient (Wildman–Crippen LogP) is 3.64. The second-order valence-corrected chi connectivity index (χ2v) is 3.36. The number of benzene rings is 1. The maximum Gasteiger partial charge on any atom is 0.0270 e. The average molecular weight is 199 g/mol. The first kappa shape index (κ1) is 11.4. The number of hydrogen-bond acceptors (Lipinski definition) is 1. The van der Waals surface area contributed by atoms with Crippen LogP contribution in [-0.4, -0.2) is 4.98 Å². The van der Waals surface area contributed by atoms with Crippen molar-refractivity contribution < 1.29 is 0 Å². The van der Waals surface area contributed by atoms with Crippen LogP contribution in [-0.2, 0) is 6.42 Å². The van der Waals surface area contributed by atoms with Crippen molar-refractivity contribution in [2.45, 2.75) is 20.3 Å². The number of rotatable bonds is 1. The van der Waals surface area contributed by atoms with Crippen molar-refractivity contribution in [1.29, 1.82) is 0 Å². The van der Waals surface area contributed by atoms with Crippen LogP contribution in [0.4, 0.5) is 0 Å². The first-order chi connectivity index (χ1) is 7.33. The molecule has 1 heterocycles. The number of aromatic nitrogens is 1. The molecular weight excluding hydrogens is 182 g/mol. The van der Waals surface area contributed by atoms with Crippen molar-refractivity contribution >= 4 is 0 Å². The van der Waals surface area contributed by atoms with Gasteiger partial charge in [0.05, 0.1) is 0 Å². The van der Waals surface area contributed by atoms with E-state index in [1.54, 1.807) is 0 Å². The second kappa shape index (κ2) is 6.77. The summed E-state index contributed by atoms with van der Waals surface area (Å²) < 4.78 is 0. The van der Waals surface area contributed by atoms with E-state index in [1.807, 2.05) is 42.7 Å². The van der Waals surface area contributed by atoms with Crippen LogP contribution in [0.25, 0.3) is 0 Å². The van der Waals surface area contributed by atoms with E-state index in [1.165, 1.54) is 11.1 Å². The molecule has 0 aliphatic rings. The first-order valence-electron chi connectivity index (χ1n) is 5.23. The third kappa shape index (κ3) is 4.96. The Hall–Kier alpha value is -1.63. The Morgan fingerprint density at radius 2 is 1.53 bits per heavy atom. The molecule has 0 aliphatic carbocycles. The molecule has 0 aliphatic heterocycles. The summed E-state index contributed by atoms with van der Waals surface area (Å²) in [5, 5.41) is 0. The van der Waals surface area contributed by atoms with Gasteiger partial charge in [0.15, 0.2) is 0 Å². The SMILES string of the molecule is CCc1ccncc1.Cc1ccccc1. The van der Waals surface area contributed by atoms with Gasteiger partial charge in [-0.15, -0.1) is 0 Å². The Balaban J connectivity index is 0.000000151. The molecule has 1 aromatic heterocycles. The minimum absolute atomic E-state index is 1.10. The van der Waals surface area contributed by atoms with Gasteiger partial charge >= 0.3 is 0 Å². The summed E-state index contributed by atoms with van der Waals surface area (Å²) in [6.07, 6.45) is 4.74. The molecule has 0 N–H and O–H groups in total. The van der Waals surface area contributed by atoms with Crippen molar-refractivity contribution in [3.63, 3.8) is 0 Å². The molecule has 0 radical (unpaired) electrons. The molecule has 0 saturated heterocycles. The fraction of sp³-hybridized carbons (Fsp3) is 0.214. The molecule has 0 amide bonds. The van der Waals surface area contributed by atoms with Crippen LogP contribution < -0.4 is 0 Å². The van der Waals surface area contributed by atoms with Crippen molar-refractivity contribution in [2.24, 2.45) is 0 Å². The summed E-state index contributed by atoms with van der Waals surface area (Å²) in [4.78, 5) is 3.89. The highest BCUT2D eigenvalue weighted by Crippen LogP contribution is 1.94. The Morgan fingerprint density at radius 3 is 1.87 bits per heavy atom. The number of hydrogen-bond donors (Lipinski definition) is 0. The van der Waals surface area contributed by atoms with Crippen LogP contribution in [0.2, 0.25) is 0 Å². The molecule has 0 spiro atoms. The van der Waals surface area contributed by atoms with Gasteiger partial charge in [0.25, 0.3) is 0 Å². The Bertz CT molecular complexity index is 354. The normalized spacial score (nSPS) is 8.93. The topological polar surface area (TPSA) is 12.9 Å². The van der Waals surface area contributed by atoms with Crippen molar-refractivity contribution in [2.75, 3.05) is 0 Å². The third-order valence-corrected chi connectivity index (χ3v) is 2.10. The molecule has 0 saturated carbocycles. The van der Waals surface area contributed by atoms with Gasteiger partial charge in [-0.25, -0.2) is 0 Å². The summed E-state index contributed by atoms with van der Waals surface area (Å²) in [5.41, 5.74) is 2.67. The minimum atomic E-state index is 1.10. The zero-order valence-electron chi connectivity index (χ0n) is 9.35. The lowest BCUT2D eigenvalue weighted by atomic mass is 10.2. The van der Waals surface area contributed by atoms with E-state index in [-0.39, 0.29) is 0 Å². The fourth-order valence-electron chi connectivity index (χ4n) is 1.15. The van der Waals surface area contributed by atoms with Crippen LogP contribution in [0.15, 0.2) is 54.9 Å². The van der Waals surface area contributed by atoms with Crippen LogP contribution in [0.5, 0.6) is 0 Å². The molecule has 1 aromatic carbocycles. The summed E-state index contributed by atoms with van der Waals surface area (Å²) in [6, 6.07) is 14.3. The van der Waals surface area contributed by atoms with E-state index in [0.29, 0.717) is 0 Å². The van der Waals surface area contributed by atoms with Gasteiger partial charge in [0.2, 0.25) is 0 Å². The van der Waals surface area contributed by atoms with Crippen molar-refractivity contribution in [1.82, 2.24) is 4.98 Å². The van der Waals surface area contributed by atoms with Crippen molar-refractivity contribution in [3.05, 3.63) is 66.0 Å². The van der Waals surface area contributed by atoms with Crippen LogP contribution in [0.1, 0.15) is 18.1 Å². The molecule has 0 unspecified atom stereocenters. The van der Waals surface area contributed by atoms with E-state index in [4.69, 9.17) is 0 Å². The lowest BCUT2D eigenvalue weighted by Crippen LogP contribution is -1.76. The molecule has 15 heavy (non-hydrogen) atoms. The molecule has 1 heteroatoms. The molecule has 0 fully saturated rings. The Kier molecular flexibility index (Phi) is 5.16. The molecule has 78 valence electrons. The maximum absolute atomic E-state index is 3.89. The average Bonchev–Trinajstić information content (AvgIpc) is 2.32. The first-order valence-corrected chi connectivity index (χ1v) is 5.23. The maximum atomic E-state index is 3.89. The zero-order valence-corrected chi connectivity index (χ0v) is 9.35. The largest absolute Gasteiger partial charge is 0.265 e. The quantitative estimate of drug-likeness (QED) is 0.683. The standard InChI is InChI=1S/C7H9N.C7H8/c1-2-7-3-5-8-6-4-7;1-7-5-3-2-4-6-7/h3-6H,2H2,1H3;2-6H,1H3. The van der Waals surface area contributed by atoms with Crippen LogP contribution in [0, 0.1) is 6.92 Å². The minimum Gasteiger partial charge on any atom is -0.265 e. The smallest absolute Gasteiger partial charge is 0.0270 e. The van der Waals surface area contributed by atoms with Crippen LogP contribution >= 0.6 is 0 Å². The number of nitrogens with zero attached hydrogens (tertiary/aromatic N) is 1. The van der Waals surface area contributed by atoms with E-state index < -0.39 is 0 Å². The zero-order chi connectivity index (χ0) is 10.9. The van der Waals surface area contributed by atoms with Gasteiger partial charge < -0.3 is 0 Å². The van der Waals surface area contributed by atoms with E-state index in [9.17, 15) is 0 Å². The Morgan fingerprint density at radius 1 is 0.933 bits per heavy atom. The van der Waals surface area contributed by atoms with E-state index in [0.717, 1.165) is 6.42 Å². The van der Waals surface area contributed by atoms with Crippen molar-refractivity contribution in [3.8, 4) is 0 Å². The molecular formula is C14H17N. The predicted molar refractivity (Wildman–Crippen MR) is 64.8 cm³/mol. The fourth-order valence-corrected chi connectivity index (χ4v) is 1.15. The van der Waals surface area contributed by atoms with Crippen LogP contribution in [0.3, 0.4) is 0 Å². The highest BCUT2D eigenvalue weighted by atomic mass is 14.6. The summed E-state index contributed by atoms with van der Waals surface area (Å²) in [7, 11) is 0. The monoisotopic (exact) mass is 199 g/mol. The lowest BCUT2D eigenvalue weighted by molar-refractivity contribution is 1.12. The lowest BCUT2D eigenvalue weighted by Gasteiger charge is -1.89. The highest BCUT2D eigenvalue weighted by Gasteiger charge is 1.80. The summed E-state index contributed by atoms with van der Waals surface area (Å²) >= 11 is 0. The van der Waals surface area contributed by atoms with Gasteiger partial charge in [0.1, 0.15) is 0 Å². The van der Waals surface area contributed by atoms with Gasteiger partial charge in [-0.2, -0.15) is 0 Å². The third-order valence-electron chi connectivity index (χ3n) is 2.10. The van der Waals surface area contributed by atoms with Gasteiger partial charge in [-0.1, -0.05) is 42.8 Å². The second-order valence-electron chi connectivity index (χ2n) is 3.36.